The number of ether oxygens (including phenoxy) is 1. The third-order valence-electron chi connectivity index (χ3n) is 1.44. The quantitative estimate of drug-likeness (QED) is 0.728. The van der Waals surface area contributed by atoms with Crippen LogP contribution in [0.3, 0.4) is 0 Å². The van der Waals surface area contributed by atoms with Crippen LogP contribution in [-0.4, -0.2) is 11.7 Å². The lowest BCUT2D eigenvalue weighted by molar-refractivity contribution is 0.406. The number of hydrogen-bond donors (Lipinski definition) is 0. The van der Waals surface area contributed by atoms with Gasteiger partial charge in [0.25, 0.3) is 5.56 Å². The van der Waals surface area contributed by atoms with Crippen molar-refractivity contribution >= 4 is 38.5 Å². The van der Waals surface area contributed by atoms with Gasteiger partial charge in [-0.3, -0.25) is 4.79 Å². The number of halogens is 2. The highest BCUT2D eigenvalue weighted by Crippen LogP contribution is 2.26. The molecule has 0 aliphatic rings. The summed E-state index contributed by atoms with van der Waals surface area (Å²) < 4.78 is 7.93. The van der Waals surface area contributed by atoms with E-state index in [1.54, 1.807) is 20.4 Å². The lowest BCUT2D eigenvalue weighted by Gasteiger charge is -2.06. The van der Waals surface area contributed by atoms with Gasteiger partial charge in [-0.25, -0.2) is 0 Å². The number of methoxy groups -OCH3 is 1. The van der Waals surface area contributed by atoms with Gasteiger partial charge in [-0.05, 0) is 38.5 Å². The van der Waals surface area contributed by atoms with Crippen molar-refractivity contribution in [3.63, 3.8) is 0 Å². The van der Waals surface area contributed by atoms with E-state index >= 15 is 0 Å². The molecule has 0 fully saturated rings. The average Bonchev–Trinajstić information content (AvgIpc) is 2.01. The first kappa shape index (κ1) is 10.0. The second-order valence-electron chi connectivity index (χ2n) is 2.24. The lowest BCUT2D eigenvalue weighted by Crippen LogP contribution is -2.18. The SMILES string of the molecule is COc1c(I)cn(C)c(=O)c1Br. The summed E-state index contributed by atoms with van der Waals surface area (Å²) in [4.78, 5) is 11.3. The first-order valence-electron chi connectivity index (χ1n) is 3.16. The summed E-state index contributed by atoms with van der Waals surface area (Å²) >= 11 is 5.29. The number of nitrogens with zero attached hydrogens (tertiary/aromatic N) is 1. The molecular formula is C7H7BrINO2. The molecule has 0 aliphatic heterocycles. The minimum absolute atomic E-state index is 0.0905. The number of hydrogen-bond acceptors (Lipinski definition) is 2. The summed E-state index contributed by atoms with van der Waals surface area (Å²) in [5.41, 5.74) is -0.0905. The van der Waals surface area contributed by atoms with Gasteiger partial charge in [0.15, 0.2) is 5.75 Å². The molecule has 0 radical (unpaired) electrons. The first-order chi connectivity index (χ1) is 5.57. The number of aromatic nitrogens is 1. The Hall–Kier alpha value is -0.0400. The highest BCUT2D eigenvalue weighted by atomic mass is 127. The van der Waals surface area contributed by atoms with Gasteiger partial charge in [0.2, 0.25) is 0 Å². The van der Waals surface area contributed by atoms with Crippen LogP contribution in [0.25, 0.3) is 0 Å². The van der Waals surface area contributed by atoms with E-state index in [9.17, 15) is 4.79 Å². The molecule has 0 bridgehead atoms. The van der Waals surface area contributed by atoms with Crippen LogP contribution < -0.4 is 10.3 Å². The molecule has 0 aliphatic carbocycles. The van der Waals surface area contributed by atoms with E-state index in [2.05, 4.69) is 38.5 Å². The Kier molecular flexibility index (Phi) is 3.16. The van der Waals surface area contributed by atoms with Crippen LogP contribution in [0.4, 0.5) is 0 Å². The van der Waals surface area contributed by atoms with Gasteiger partial charge in [0, 0.05) is 13.2 Å². The molecule has 0 amide bonds. The molecule has 3 nitrogen and oxygen atoms in total. The van der Waals surface area contributed by atoms with Gasteiger partial charge in [-0.2, -0.15) is 0 Å². The first-order valence-corrected chi connectivity index (χ1v) is 5.03. The van der Waals surface area contributed by atoms with Crippen molar-refractivity contribution in [2.75, 3.05) is 7.11 Å². The largest absolute Gasteiger partial charge is 0.494 e. The van der Waals surface area contributed by atoms with E-state index in [0.717, 1.165) is 3.57 Å². The zero-order chi connectivity index (χ0) is 9.30. The molecule has 12 heavy (non-hydrogen) atoms. The number of rotatable bonds is 1. The molecule has 1 aromatic heterocycles. The predicted octanol–water partition coefficient (Wildman–Crippen LogP) is 1.76. The third kappa shape index (κ3) is 1.66. The van der Waals surface area contributed by atoms with Crippen molar-refractivity contribution in [3.05, 3.63) is 24.6 Å². The molecular weight excluding hydrogens is 337 g/mol. The molecule has 1 heterocycles. The maximum Gasteiger partial charge on any atom is 0.268 e. The minimum atomic E-state index is -0.0905. The fourth-order valence-corrected chi connectivity index (χ4v) is 2.76. The summed E-state index contributed by atoms with van der Waals surface area (Å²) in [5.74, 6) is 0.596. The van der Waals surface area contributed by atoms with Crippen LogP contribution in [-0.2, 0) is 7.05 Å². The van der Waals surface area contributed by atoms with Crippen molar-refractivity contribution in [3.8, 4) is 5.75 Å². The predicted molar refractivity (Wildman–Crippen MR) is 58.7 cm³/mol. The second kappa shape index (κ2) is 3.78. The normalized spacial score (nSPS) is 10.0. The minimum Gasteiger partial charge on any atom is -0.494 e. The Morgan fingerprint density at radius 2 is 2.25 bits per heavy atom. The molecule has 1 rings (SSSR count). The van der Waals surface area contributed by atoms with Crippen LogP contribution in [0.5, 0.6) is 5.75 Å². The van der Waals surface area contributed by atoms with E-state index in [-0.39, 0.29) is 5.56 Å². The molecule has 0 unspecified atom stereocenters. The third-order valence-corrected chi connectivity index (χ3v) is 2.90. The molecule has 0 saturated heterocycles. The average molecular weight is 344 g/mol. The zero-order valence-corrected chi connectivity index (χ0v) is 10.3. The topological polar surface area (TPSA) is 31.2 Å². The monoisotopic (exact) mass is 343 g/mol. The van der Waals surface area contributed by atoms with Crippen molar-refractivity contribution in [2.24, 2.45) is 7.05 Å². The highest BCUT2D eigenvalue weighted by Gasteiger charge is 2.10. The maximum absolute atomic E-state index is 11.3. The molecule has 0 aromatic carbocycles. The Labute approximate surface area is 92.0 Å². The van der Waals surface area contributed by atoms with Gasteiger partial charge >= 0.3 is 0 Å². The Balaban J connectivity index is 3.52. The summed E-state index contributed by atoms with van der Waals surface area (Å²) in [5, 5.41) is 0. The lowest BCUT2D eigenvalue weighted by atomic mass is 10.4. The van der Waals surface area contributed by atoms with Crippen LogP contribution >= 0.6 is 38.5 Å². The second-order valence-corrected chi connectivity index (χ2v) is 4.20. The summed E-state index contributed by atoms with van der Waals surface area (Å²) in [7, 11) is 3.25. The summed E-state index contributed by atoms with van der Waals surface area (Å²) in [6.07, 6.45) is 1.73. The number of pyridine rings is 1. The Bertz CT molecular complexity index is 361. The van der Waals surface area contributed by atoms with Crippen LogP contribution in [0.15, 0.2) is 15.5 Å². The molecule has 5 heteroatoms. The standard InChI is InChI=1S/C7H7BrINO2/c1-10-3-4(9)6(12-2)5(8)7(10)11/h3H,1-2H3. The van der Waals surface area contributed by atoms with E-state index in [1.165, 1.54) is 4.57 Å². The van der Waals surface area contributed by atoms with Gasteiger partial charge in [-0.15, -0.1) is 0 Å². The Morgan fingerprint density at radius 1 is 1.67 bits per heavy atom. The van der Waals surface area contributed by atoms with Crippen molar-refractivity contribution in [2.45, 2.75) is 0 Å². The molecule has 0 saturated carbocycles. The smallest absolute Gasteiger partial charge is 0.268 e. The highest BCUT2D eigenvalue weighted by molar-refractivity contribution is 14.1. The van der Waals surface area contributed by atoms with Gasteiger partial charge in [0.05, 0.1) is 10.7 Å². The zero-order valence-electron chi connectivity index (χ0n) is 6.60. The van der Waals surface area contributed by atoms with Crippen molar-refractivity contribution in [1.29, 1.82) is 0 Å². The van der Waals surface area contributed by atoms with Crippen LogP contribution in [0, 0.1) is 3.57 Å². The molecule has 0 atom stereocenters. The molecule has 0 N–H and O–H groups in total. The van der Waals surface area contributed by atoms with Crippen LogP contribution in [0.2, 0.25) is 0 Å². The van der Waals surface area contributed by atoms with Gasteiger partial charge in [-0.1, -0.05) is 0 Å². The van der Waals surface area contributed by atoms with Gasteiger partial charge < -0.3 is 9.30 Å². The van der Waals surface area contributed by atoms with Crippen LogP contribution in [0.1, 0.15) is 0 Å². The number of aryl methyl sites for hydroxylation is 1. The molecule has 66 valence electrons. The van der Waals surface area contributed by atoms with E-state index in [4.69, 9.17) is 4.74 Å². The molecule has 0 spiro atoms. The summed E-state index contributed by atoms with van der Waals surface area (Å²) in [6.45, 7) is 0. The van der Waals surface area contributed by atoms with E-state index in [0.29, 0.717) is 10.2 Å². The Morgan fingerprint density at radius 3 is 2.75 bits per heavy atom. The van der Waals surface area contributed by atoms with Crippen molar-refractivity contribution < 1.29 is 4.74 Å². The maximum atomic E-state index is 11.3. The fourth-order valence-electron chi connectivity index (χ4n) is 0.831. The summed E-state index contributed by atoms with van der Waals surface area (Å²) in [6, 6.07) is 0. The van der Waals surface area contributed by atoms with E-state index in [1.807, 2.05) is 0 Å². The van der Waals surface area contributed by atoms with E-state index < -0.39 is 0 Å². The van der Waals surface area contributed by atoms with Crippen molar-refractivity contribution in [1.82, 2.24) is 4.57 Å². The van der Waals surface area contributed by atoms with Gasteiger partial charge in [0.1, 0.15) is 4.47 Å². The fraction of sp³-hybridized carbons (Fsp3) is 0.286. The molecule has 1 aromatic rings.